The molecule has 1 aromatic heterocycles. The first-order valence-corrected chi connectivity index (χ1v) is 6.44. The van der Waals surface area contributed by atoms with Gasteiger partial charge in [0.2, 0.25) is 0 Å². The van der Waals surface area contributed by atoms with Gasteiger partial charge in [-0.2, -0.15) is 0 Å². The second kappa shape index (κ2) is 6.19. The normalized spacial score (nSPS) is 17.6. The van der Waals surface area contributed by atoms with Crippen LogP contribution in [0.3, 0.4) is 0 Å². The number of likely N-dealkylation sites (N-methyl/N-ethyl adjacent to an activating group) is 1. The Morgan fingerprint density at radius 2 is 2.41 bits per heavy atom. The van der Waals surface area contributed by atoms with Gasteiger partial charge in [-0.15, -0.1) is 0 Å². The molecular weight excluding hydrogens is 216 g/mol. The van der Waals surface area contributed by atoms with Gasteiger partial charge in [-0.05, 0) is 31.5 Å². The van der Waals surface area contributed by atoms with E-state index in [1.807, 2.05) is 12.1 Å². The van der Waals surface area contributed by atoms with E-state index in [2.05, 4.69) is 17.1 Å². The van der Waals surface area contributed by atoms with Crippen LogP contribution < -0.4 is 5.32 Å². The van der Waals surface area contributed by atoms with Gasteiger partial charge in [-0.1, -0.05) is 6.92 Å². The maximum absolute atomic E-state index is 9.92. The number of nitrogens with zero attached hydrogens (tertiary/aromatic N) is 1. The summed E-state index contributed by atoms with van der Waals surface area (Å²) in [6, 6.07) is 4.52. The average Bonchev–Trinajstić information content (AvgIpc) is 3.02. The quantitative estimate of drug-likeness (QED) is 0.715. The minimum absolute atomic E-state index is 0.300. The van der Waals surface area contributed by atoms with Crippen molar-refractivity contribution in [2.75, 3.05) is 19.6 Å². The summed E-state index contributed by atoms with van der Waals surface area (Å²) in [4.78, 5) is 2.19. The van der Waals surface area contributed by atoms with Gasteiger partial charge < -0.3 is 14.8 Å². The third-order valence-electron chi connectivity index (χ3n) is 3.10. The third-order valence-corrected chi connectivity index (χ3v) is 3.10. The Morgan fingerprint density at radius 3 is 3.00 bits per heavy atom. The highest BCUT2D eigenvalue weighted by molar-refractivity contribution is 4.97. The largest absolute Gasteiger partial charge is 0.468 e. The molecule has 0 aromatic carbocycles. The van der Waals surface area contributed by atoms with Crippen molar-refractivity contribution in [3.8, 4) is 0 Å². The highest BCUT2D eigenvalue weighted by Crippen LogP contribution is 2.18. The molecule has 0 saturated heterocycles. The van der Waals surface area contributed by atoms with E-state index in [1.165, 1.54) is 12.8 Å². The van der Waals surface area contributed by atoms with Crippen LogP contribution in [0.15, 0.2) is 22.8 Å². The Kier molecular flexibility index (Phi) is 4.59. The molecule has 1 saturated carbocycles. The highest BCUT2D eigenvalue weighted by atomic mass is 16.3. The van der Waals surface area contributed by atoms with Crippen molar-refractivity contribution >= 4 is 0 Å². The van der Waals surface area contributed by atoms with Crippen LogP contribution in [0.2, 0.25) is 0 Å². The van der Waals surface area contributed by atoms with Crippen LogP contribution in [-0.2, 0) is 6.54 Å². The summed E-state index contributed by atoms with van der Waals surface area (Å²) in [6.45, 7) is 5.17. The fourth-order valence-electron chi connectivity index (χ4n) is 1.88. The Hall–Kier alpha value is -0.840. The first-order valence-electron chi connectivity index (χ1n) is 6.44. The van der Waals surface area contributed by atoms with Crippen molar-refractivity contribution in [3.63, 3.8) is 0 Å². The molecule has 17 heavy (non-hydrogen) atoms. The molecule has 1 atom stereocenters. The Morgan fingerprint density at radius 1 is 1.59 bits per heavy atom. The summed E-state index contributed by atoms with van der Waals surface area (Å²) in [5.41, 5.74) is 0. The van der Waals surface area contributed by atoms with Crippen molar-refractivity contribution in [1.82, 2.24) is 10.2 Å². The fourth-order valence-corrected chi connectivity index (χ4v) is 1.88. The van der Waals surface area contributed by atoms with Gasteiger partial charge in [-0.25, -0.2) is 0 Å². The number of hydrogen-bond donors (Lipinski definition) is 2. The average molecular weight is 238 g/mol. The SMILES string of the molecule is CCN(Cc1ccco1)CC(O)CNC1CC1. The number of hydrogen-bond acceptors (Lipinski definition) is 4. The van der Waals surface area contributed by atoms with Crippen molar-refractivity contribution < 1.29 is 9.52 Å². The van der Waals surface area contributed by atoms with Gasteiger partial charge in [0.15, 0.2) is 0 Å². The van der Waals surface area contributed by atoms with Crippen molar-refractivity contribution in [1.29, 1.82) is 0 Å². The van der Waals surface area contributed by atoms with E-state index in [0.29, 0.717) is 19.1 Å². The van der Waals surface area contributed by atoms with Crippen molar-refractivity contribution in [3.05, 3.63) is 24.2 Å². The van der Waals surface area contributed by atoms with E-state index in [9.17, 15) is 5.11 Å². The molecule has 0 aliphatic heterocycles. The Labute approximate surface area is 103 Å². The zero-order valence-corrected chi connectivity index (χ0v) is 10.4. The molecular formula is C13H22N2O2. The van der Waals surface area contributed by atoms with Crippen LogP contribution in [0.1, 0.15) is 25.5 Å². The smallest absolute Gasteiger partial charge is 0.117 e. The molecule has 4 nitrogen and oxygen atoms in total. The molecule has 1 aliphatic carbocycles. The fraction of sp³-hybridized carbons (Fsp3) is 0.692. The van der Waals surface area contributed by atoms with Crippen molar-refractivity contribution in [2.24, 2.45) is 0 Å². The molecule has 0 spiro atoms. The molecule has 1 fully saturated rings. The maximum Gasteiger partial charge on any atom is 0.117 e. The molecule has 96 valence electrons. The summed E-state index contributed by atoms with van der Waals surface area (Å²) >= 11 is 0. The topological polar surface area (TPSA) is 48.6 Å². The second-order valence-electron chi connectivity index (χ2n) is 4.74. The summed E-state index contributed by atoms with van der Waals surface area (Å²) in [7, 11) is 0. The van der Waals surface area contributed by atoms with Crippen LogP contribution in [0.4, 0.5) is 0 Å². The van der Waals surface area contributed by atoms with Crippen LogP contribution in [-0.4, -0.2) is 41.8 Å². The van der Waals surface area contributed by atoms with E-state index in [-0.39, 0.29) is 6.10 Å². The van der Waals surface area contributed by atoms with E-state index in [0.717, 1.165) is 18.8 Å². The van der Waals surface area contributed by atoms with Crippen LogP contribution in [0.25, 0.3) is 0 Å². The predicted octanol–water partition coefficient (Wildman–Crippen LogP) is 1.21. The molecule has 0 amide bonds. The lowest BCUT2D eigenvalue weighted by atomic mass is 10.3. The predicted molar refractivity (Wildman–Crippen MR) is 66.7 cm³/mol. The standard InChI is InChI=1S/C13H22N2O2/c1-2-15(10-13-4-3-7-17-13)9-12(16)8-14-11-5-6-11/h3-4,7,11-12,14,16H,2,5-6,8-10H2,1H3. The molecule has 1 aliphatic rings. The number of aliphatic hydroxyl groups is 1. The van der Waals surface area contributed by atoms with Gasteiger partial charge in [0.1, 0.15) is 5.76 Å². The number of aliphatic hydroxyl groups excluding tert-OH is 1. The van der Waals surface area contributed by atoms with Crippen LogP contribution in [0.5, 0.6) is 0 Å². The summed E-state index contributed by atoms with van der Waals surface area (Å²) in [6.07, 6.45) is 3.91. The van der Waals surface area contributed by atoms with Crippen LogP contribution >= 0.6 is 0 Å². The van der Waals surface area contributed by atoms with E-state index in [1.54, 1.807) is 6.26 Å². The second-order valence-corrected chi connectivity index (χ2v) is 4.74. The minimum Gasteiger partial charge on any atom is -0.468 e. The third kappa shape index (κ3) is 4.50. The Bertz CT molecular complexity index is 309. The highest BCUT2D eigenvalue weighted by Gasteiger charge is 2.21. The zero-order chi connectivity index (χ0) is 12.1. The monoisotopic (exact) mass is 238 g/mol. The van der Waals surface area contributed by atoms with Gasteiger partial charge in [0.25, 0.3) is 0 Å². The molecule has 1 heterocycles. The molecule has 2 rings (SSSR count). The minimum atomic E-state index is -0.300. The number of rotatable bonds is 8. The van der Waals surface area contributed by atoms with Gasteiger partial charge in [0, 0.05) is 19.1 Å². The molecule has 1 unspecified atom stereocenters. The summed E-state index contributed by atoms with van der Waals surface area (Å²) in [5.74, 6) is 0.953. The van der Waals surface area contributed by atoms with Gasteiger partial charge in [-0.3, -0.25) is 4.90 Å². The lowest BCUT2D eigenvalue weighted by Crippen LogP contribution is -2.38. The van der Waals surface area contributed by atoms with E-state index < -0.39 is 0 Å². The van der Waals surface area contributed by atoms with E-state index in [4.69, 9.17) is 4.42 Å². The van der Waals surface area contributed by atoms with Crippen molar-refractivity contribution in [2.45, 2.75) is 38.5 Å². The van der Waals surface area contributed by atoms with Gasteiger partial charge >= 0.3 is 0 Å². The number of nitrogens with one attached hydrogen (secondary N) is 1. The summed E-state index contributed by atoms with van der Waals surface area (Å²) < 4.78 is 5.32. The molecule has 1 aromatic rings. The first kappa shape index (κ1) is 12.6. The molecule has 0 bridgehead atoms. The maximum atomic E-state index is 9.92. The van der Waals surface area contributed by atoms with Crippen LogP contribution in [0, 0.1) is 0 Å². The number of furan rings is 1. The lowest BCUT2D eigenvalue weighted by molar-refractivity contribution is 0.106. The molecule has 2 N–H and O–H groups in total. The van der Waals surface area contributed by atoms with E-state index >= 15 is 0 Å². The summed E-state index contributed by atoms with van der Waals surface area (Å²) in [5, 5.41) is 13.3. The zero-order valence-electron chi connectivity index (χ0n) is 10.4. The lowest BCUT2D eigenvalue weighted by Gasteiger charge is -2.22. The van der Waals surface area contributed by atoms with Gasteiger partial charge in [0.05, 0.1) is 18.9 Å². The Balaban J connectivity index is 1.69. The molecule has 0 radical (unpaired) electrons. The first-order chi connectivity index (χ1) is 8.28. The molecule has 4 heteroatoms.